The van der Waals surface area contributed by atoms with E-state index in [1.54, 1.807) is 49.5 Å². The lowest BCUT2D eigenvalue weighted by Gasteiger charge is -2.38. The zero-order valence-electron chi connectivity index (χ0n) is 19.7. The fourth-order valence-corrected chi connectivity index (χ4v) is 5.70. The Balaban J connectivity index is 1.53. The molecule has 0 spiro atoms. The maximum Gasteiger partial charge on any atom is 0.327 e. The molecule has 1 saturated heterocycles. The van der Waals surface area contributed by atoms with Crippen molar-refractivity contribution in [2.24, 2.45) is 0 Å². The van der Waals surface area contributed by atoms with E-state index in [2.05, 4.69) is 4.98 Å². The van der Waals surface area contributed by atoms with Gasteiger partial charge in [0.05, 0.1) is 13.1 Å². The molecule has 0 bridgehead atoms. The Bertz CT molecular complexity index is 1490. The monoisotopic (exact) mass is 545 g/mol. The third-order valence-corrected chi connectivity index (χ3v) is 8.12. The van der Waals surface area contributed by atoms with E-state index in [4.69, 9.17) is 17.0 Å². The van der Waals surface area contributed by atoms with Gasteiger partial charge < -0.3 is 24.7 Å². The third-order valence-electron chi connectivity index (χ3n) is 6.16. The van der Waals surface area contributed by atoms with Crippen molar-refractivity contribution >= 4 is 56.5 Å². The first-order chi connectivity index (χ1) is 17.5. The average Bonchev–Trinajstić information content (AvgIpc) is 3.29. The van der Waals surface area contributed by atoms with Gasteiger partial charge in [-0.25, -0.2) is 13.2 Å². The number of aromatic nitrogens is 1. The second-order valence-electron chi connectivity index (χ2n) is 8.63. The van der Waals surface area contributed by atoms with Crippen LogP contribution in [0.15, 0.2) is 53.6 Å². The van der Waals surface area contributed by atoms with E-state index in [1.165, 1.54) is 11.0 Å². The SMILES string of the molecule is CN(CC=O)C(=N)c1ccc(CN2C(=O)CN(S(=O)(=O)c3cc4cc(Cl)ccc4[nH]3)CC2C(=O)O)cc1. The van der Waals surface area contributed by atoms with Crippen molar-refractivity contribution in [3.63, 3.8) is 0 Å². The first-order valence-electron chi connectivity index (χ1n) is 11.1. The van der Waals surface area contributed by atoms with Crippen molar-refractivity contribution in [3.8, 4) is 0 Å². The zero-order valence-corrected chi connectivity index (χ0v) is 21.3. The van der Waals surface area contributed by atoms with Gasteiger partial charge in [-0.3, -0.25) is 10.2 Å². The Morgan fingerprint density at radius 3 is 2.59 bits per heavy atom. The molecule has 2 heterocycles. The van der Waals surface area contributed by atoms with Gasteiger partial charge >= 0.3 is 5.97 Å². The third kappa shape index (κ3) is 5.36. The van der Waals surface area contributed by atoms with E-state index in [-0.39, 0.29) is 24.0 Å². The predicted octanol–water partition coefficient (Wildman–Crippen LogP) is 1.76. The summed E-state index contributed by atoms with van der Waals surface area (Å²) in [5.41, 5.74) is 1.69. The molecule has 1 atom stereocenters. The number of rotatable bonds is 8. The van der Waals surface area contributed by atoms with Crippen LogP contribution in [0.1, 0.15) is 11.1 Å². The number of aromatic amines is 1. The fourth-order valence-electron chi connectivity index (χ4n) is 4.11. The van der Waals surface area contributed by atoms with E-state index >= 15 is 0 Å². The number of nitrogens with zero attached hydrogens (tertiary/aromatic N) is 3. The summed E-state index contributed by atoms with van der Waals surface area (Å²) in [6.45, 7) is -0.915. The van der Waals surface area contributed by atoms with Gasteiger partial charge in [0.15, 0.2) is 0 Å². The zero-order chi connectivity index (χ0) is 26.9. The van der Waals surface area contributed by atoms with Crippen LogP contribution in [0.3, 0.4) is 0 Å². The van der Waals surface area contributed by atoms with Gasteiger partial charge in [0.2, 0.25) is 5.91 Å². The Morgan fingerprint density at radius 2 is 1.95 bits per heavy atom. The normalized spacial score (nSPS) is 16.6. The summed E-state index contributed by atoms with van der Waals surface area (Å²) < 4.78 is 27.4. The molecule has 0 aliphatic carbocycles. The van der Waals surface area contributed by atoms with E-state index in [1.807, 2.05) is 0 Å². The molecule has 37 heavy (non-hydrogen) atoms. The molecule has 0 saturated carbocycles. The number of halogens is 1. The number of aldehydes is 1. The number of carbonyl (C=O) groups is 3. The molecule has 13 heteroatoms. The standard InChI is InChI=1S/C24H24ClN5O6S/c1-28(8-9-31)23(26)16-4-2-15(3-5-16)12-30-20(24(33)34)13-29(14-22(30)32)37(35,36)21-11-17-10-18(25)6-7-19(17)27-21/h2-7,9-11,20,26-27H,8,12-14H2,1H3,(H,33,34). The summed E-state index contributed by atoms with van der Waals surface area (Å²) >= 11 is 5.98. The number of carbonyl (C=O) groups excluding carboxylic acids is 2. The number of hydrogen-bond acceptors (Lipinski definition) is 6. The van der Waals surface area contributed by atoms with Crippen LogP contribution in [0, 0.1) is 5.41 Å². The van der Waals surface area contributed by atoms with Crippen LogP contribution in [0.4, 0.5) is 0 Å². The van der Waals surface area contributed by atoms with Crippen LogP contribution in [-0.2, 0) is 31.0 Å². The highest BCUT2D eigenvalue weighted by molar-refractivity contribution is 7.89. The highest BCUT2D eigenvalue weighted by atomic mass is 35.5. The van der Waals surface area contributed by atoms with Crippen molar-refractivity contribution in [1.82, 2.24) is 19.1 Å². The van der Waals surface area contributed by atoms with Gasteiger partial charge in [0.25, 0.3) is 10.0 Å². The molecule has 11 nitrogen and oxygen atoms in total. The molecule has 1 fully saturated rings. The minimum Gasteiger partial charge on any atom is -0.480 e. The van der Waals surface area contributed by atoms with E-state index in [0.717, 1.165) is 9.21 Å². The lowest BCUT2D eigenvalue weighted by molar-refractivity contribution is -0.154. The Morgan fingerprint density at radius 1 is 1.24 bits per heavy atom. The van der Waals surface area contributed by atoms with Gasteiger partial charge in [-0.1, -0.05) is 35.9 Å². The molecule has 194 valence electrons. The van der Waals surface area contributed by atoms with Crippen LogP contribution in [0.2, 0.25) is 5.02 Å². The summed E-state index contributed by atoms with van der Waals surface area (Å²) in [6, 6.07) is 11.4. The number of fused-ring (bicyclic) bond motifs is 1. The number of carboxylic acids is 1. The molecule has 1 aliphatic heterocycles. The van der Waals surface area contributed by atoms with E-state index in [0.29, 0.717) is 33.3 Å². The molecular formula is C24H24ClN5O6S. The van der Waals surface area contributed by atoms with E-state index in [9.17, 15) is 27.9 Å². The maximum absolute atomic E-state index is 13.3. The number of likely N-dealkylation sites (N-methyl/N-ethyl adjacent to an activating group) is 1. The summed E-state index contributed by atoms with van der Waals surface area (Å²) in [5.74, 6) is -1.84. The highest BCUT2D eigenvalue weighted by Gasteiger charge is 2.42. The van der Waals surface area contributed by atoms with Crippen molar-refractivity contribution in [2.75, 3.05) is 26.7 Å². The molecule has 1 aliphatic rings. The topological polar surface area (TPSA) is 155 Å². The number of amidine groups is 1. The number of hydrogen-bond donors (Lipinski definition) is 3. The molecule has 4 rings (SSSR count). The lowest BCUT2D eigenvalue weighted by atomic mass is 10.1. The van der Waals surface area contributed by atoms with Gasteiger partial charge in [-0.15, -0.1) is 0 Å². The maximum atomic E-state index is 13.3. The Hall–Kier alpha value is -3.74. The number of amides is 1. The summed E-state index contributed by atoms with van der Waals surface area (Å²) in [4.78, 5) is 41.2. The number of carboxylic acid groups (broad SMARTS) is 1. The molecule has 3 N–H and O–H groups in total. The van der Waals surface area contributed by atoms with Crippen LogP contribution in [0.25, 0.3) is 10.9 Å². The average molecular weight is 546 g/mol. The van der Waals surface area contributed by atoms with Crippen molar-refractivity contribution in [1.29, 1.82) is 5.41 Å². The van der Waals surface area contributed by atoms with Crippen LogP contribution >= 0.6 is 11.6 Å². The Labute approximate surface area is 217 Å². The summed E-state index contributed by atoms with van der Waals surface area (Å²) in [5, 5.41) is 18.8. The highest BCUT2D eigenvalue weighted by Crippen LogP contribution is 2.26. The molecular weight excluding hydrogens is 522 g/mol. The number of aliphatic carboxylic acids is 1. The largest absolute Gasteiger partial charge is 0.480 e. The van der Waals surface area contributed by atoms with Crippen molar-refractivity contribution in [3.05, 3.63) is 64.7 Å². The van der Waals surface area contributed by atoms with Crippen LogP contribution < -0.4 is 0 Å². The first-order valence-corrected chi connectivity index (χ1v) is 13.0. The second-order valence-corrected chi connectivity index (χ2v) is 11.0. The Kier molecular flexibility index (Phi) is 7.35. The summed E-state index contributed by atoms with van der Waals surface area (Å²) in [6.07, 6.45) is 0.689. The lowest BCUT2D eigenvalue weighted by Crippen LogP contribution is -2.60. The van der Waals surface area contributed by atoms with Crippen molar-refractivity contribution in [2.45, 2.75) is 17.6 Å². The molecule has 2 aromatic carbocycles. The first kappa shape index (κ1) is 26.3. The number of piperazine rings is 1. The molecule has 1 aromatic heterocycles. The number of benzene rings is 2. The predicted molar refractivity (Wildman–Crippen MR) is 136 cm³/mol. The molecule has 1 unspecified atom stereocenters. The minimum absolute atomic E-state index is 0.0492. The van der Waals surface area contributed by atoms with Gasteiger partial charge in [0.1, 0.15) is 23.2 Å². The van der Waals surface area contributed by atoms with Crippen LogP contribution in [0.5, 0.6) is 0 Å². The smallest absolute Gasteiger partial charge is 0.327 e. The second kappa shape index (κ2) is 10.3. The van der Waals surface area contributed by atoms with Gasteiger partial charge in [-0.2, -0.15) is 4.31 Å². The molecule has 1 amide bonds. The quantitative estimate of drug-likeness (QED) is 0.221. The van der Waals surface area contributed by atoms with Gasteiger partial charge in [0, 0.05) is 41.6 Å². The summed E-state index contributed by atoms with van der Waals surface area (Å²) in [7, 11) is -2.58. The van der Waals surface area contributed by atoms with Gasteiger partial charge in [-0.05, 0) is 29.8 Å². The molecule has 0 radical (unpaired) electrons. The number of H-pyrrole nitrogens is 1. The number of sulfonamides is 1. The number of nitrogens with one attached hydrogen (secondary N) is 2. The molecule has 3 aromatic rings. The van der Waals surface area contributed by atoms with Crippen molar-refractivity contribution < 1.29 is 27.9 Å². The van der Waals surface area contributed by atoms with Crippen LogP contribution in [-0.4, -0.2) is 89.3 Å². The van der Waals surface area contributed by atoms with E-state index < -0.39 is 41.0 Å². The fraction of sp³-hybridized carbons (Fsp3) is 0.250. The minimum atomic E-state index is -4.19.